The molecule has 2 aromatic carbocycles. The van der Waals surface area contributed by atoms with E-state index in [1.54, 1.807) is 48.5 Å². The Morgan fingerprint density at radius 3 is 2.38 bits per heavy atom. The maximum absolute atomic E-state index is 12.8. The normalized spacial score (nSPS) is 17.0. The Morgan fingerprint density at radius 1 is 1.07 bits per heavy atom. The molecule has 0 aliphatic carbocycles. The Balaban J connectivity index is 1.48. The molecule has 0 spiro atoms. The van der Waals surface area contributed by atoms with Crippen LogP contribution >= 0.6 is 0 Å². The van der Waals surface area contributed by atoms with Crippen LogP contribution in [0.15, 0.2) is 53.4 Å². The zero-order valence-corrected chi connectivity index (χ0v) is 17.2. The van der Waals surface area contributed by atoms with Gasteiger partial charge in [-0.15, -0.1) is 0 Å². The highest BCUT2D eigenvalue weighted by atomic mass is 32.2. The lowest BCUT2D eigenvalue weighted by Gasteiger charge is -2.34. The fourth-order valence-electron chi connectivity index (χ4n) is 3.20. The van der Waals surface area contributed by atoms with Crippen LogP contribution in [0.25, 0.3) is 0 Å². The summed E-state index contributed by atoms with van der Waals surface area (Å²) in [5.74, 6) is 1.22. The number of anilines is 1. The van der Waals surface area contributed by atoms with E-state index in [0.717, 1.165) is 0 Å². The van der Waals surface area contributed by atoms with Gasteiger partial charge < -0.3 is 20.3 Å². The van der Waals surface area contributed by atoms with Gasteiger partial charge in [0.05, 0.1) is 12.0 Å². The Hall–Kier alpha value is -2.33. The molecule has 2 aromatic rings. The van der Waals surface area contributed by atoms with Gasteiger partial charge in [-0.05, 0) is 36.4 Å². The Kier molecular flexibility index (Phi) is 6.96. The number of sulfonamides is 1. The summed E-state index contributed by atoms with van der Waals surface area (Å²) in [5.41, 5.74) is 6.31. The molecule has 1 aliphatic heterocycles. The average molecular weight is 422 g/mol. The molecular weight excluding hydrogens is 394 g/mol. The highest BCUT2D eigenvalue weighted by Crippen LogP contribution is 2.21. The molecule has 3 N–H and O–H groups in total. The lowest BCUT2D eigenvalue weighted by molar-refractivity contribution is 0.0569. The molecule has 8 nitrogen and oxygen atoms in total. The van der Waals surface area contributed by atoms with Crippen molar-refractivity contribution in [3.05, 3.63) is 48.5 Å². The molecule has 1 saturated heterocycles. The molecule has 3 rings (SSSR count). The molecule has 0 radical (unpaired) electrons. The summed E-state index contributed by atoms with van der Waals surface area (Å²) in [6.07, 6.45) is -0.679. The van der Waals surface area contributed by atoms with Crippen LogP contribution in [0.5, 0.6) is 11.5 Å². The van der Waals surface area contributed by atoms with Crippen LogP contribution < -0.4 is 15.2 Å². The second-order valence-electron chi connectivity index (χ2n) is 6.92. The SMILES string of the molecule is COc1ccc(S(=O)(=O)N2CCN(CC(O)COc3cccc(N)c3)CC2)cc1. The second kappa shape index (κ2) is 9.45. The number of ether oxygens (including phenoxy) is 2. The fourth-order valence-corrected chi connectivity index (χ4v) is 4.62. The molecule has 1 fully saturated rings. The molecule has 29 heavy (non-hydrogen) atoms. The summed E-state index contributed by atoms with van der Waals surface area (Å²) in [5, 5.41) is 10.2. The van der Waals surface area contributed by atoms with Crippen LogP contribution in [0.3, 0.4) is 0 Å². The van der Waals surface area contributed by atoms with Gasteiger partial charge in [-0.3, -0.25) is 4.90 Å². The van der Waals surface area contributed by atoms with Gasteiger partial charge in [-0.25, -0.2) is 8.42 Å². The van der Waals surface area contributed by atoms with Gasteiger partial charge in [0.2, 0.25) is 10.0 Å². The average Bonchev–Trinajstić information content (AvgIpc) is 2.73. The molecule has 9 heteroatoms. The lowest BCUT2D eigenvalue weighted by Crippen LogP contribution is -2.50. The number of nitrogens with zero attached hydrogens (tertiary/aromatic N) is 2. The zero-order valence-electron chi connectivity index (χ0n) is 16.4. The minimum absolute atomic E-state index is 0.147. The molecule has 0 saturated carbocycles. The number of aliphatic hydroxyl groups excluding tert-OH is 1. The minimum atomic E-state index is -3.54. The Labute approximate surface area is 171 Å². The third kappa shape index (κ3) is 5.60. The van der Waals surface area contributed by atoms with Gasteiger partial charge in [0.1, 0.15) is 24.2 Å². The highest BCUT2D eigenvalue weighted by Gasteiger charge is 2.29. The van der Waals surface area contributed by atoms with Crippen LogP contribution in [0.4, 0.5) is 5.69 Å². The lowest BCUT2D eigenvalue weighted by atomic mass is 10.3. The van der Waals surface area contributed by atoms with Crippen molar-refractivity contribution in [1.29, 1.82) is 0 Å². The monoisotopic (exact) mass is 421 g/mol. The van der Waals surface area contributed by atoms with Crippen LogP contribution in [-0.4, -0.2) is 75.3 Å². The van der Waals surface area contributed by atoms with E-state index in [1.807, 2.05) is 4.90 Å². The van der Waals surface area contributed by atoms with Crippen LogP contribution in [0, 0.1) is 0 Å². The largest absolute Gasteiger partial charge is 0.497 e. The molecule has 0 aromatic heterocycles. The smallest absolute Gasteiger partial charge is 0.243 e. The first-order valence-electron chi connectivity index (χ1n) is 9.41. The summed E-state index contributed by atoms with van der Waals surface area (Å²) in [4.78, 5) is 2.29. The standard InChI is InChI=1S/C20H27N3O5S/c1-27-18-5-7-20(8-6-18)29(25,26)23-11-9-22(10-12-23)14-17(24)15-28-19-4-2-3-16(21)13-19/h2-8,13,17,24H,9-12,14-15,21H2,1H3. The number of rotatable bonds is 8. The zero-order chi connectivity index (χ0) is 20.9. The van der Waals surface area contributed by atoms with Gasteiger partial charge >= 0.3 is 0 Å². The van der Waals surface area contributed by atoms with Crippen LogP contribution in [-0.2, 0) is 10.0 Å². The number of nitrogen functional groups attached to an aromatic ring is 1. The number of β-amino-alcohol motifs (C(OH)–C–C–N with tert-alkyl or cyclic N) is 1. The third-order valence-corrected chi connectivity index (χ3v) is 6.71. The third-order valence-electron chi connectivity index (χ3n) is 4.80. The van der Waals surface area contributed by atoms with Crippen LogP contribution in [0.1, 0.15) is 0 Å². The molecular formula is C20H27N3O5S. The molecule has 1 atom stereocenters. The summed E-state index contributed by atoms with van der Waals surface area (Å²) >= 11 is 0. The summed E-state index contributed by atoms with van der Waals surface area (Å²) < 4.78 is 37.7. The van der Waals surface area contributed by atoms with E-state index < -0.39 is 16.1 Å². The van der Waals surface area contributed by atoms with E-state index in [1.165, 1.54) is 11.4 Å². The quantitative estimate of drug-likeness (QED) is 0.613. The summed E-state index contributed by atoms with van der Waals surface area (Å²) in [6, 6.07) is 13.4. The number of benzene rings is 2. The first kappa shape index (κ1) is 21.4. The number of aliphatic hydroxyl groups is 1. The number of hydrogen-bond donors (Lipinski definition) is 2. The predicted molar refractivity (Wildman–Crippen MR) is 111 cm³/mol. The van der Waals surface area contributed by atoms with Crippen molar-refractivity contribution in [3.63, 3.8) is 0 Å². The molecule has 1 aliphatic rings. The molecule has 0 bridgehead atoms. The first-order valence-corrected chi connectivity index (χ1v) is 10.9. The van der Waals surface area contributed by atoms with Gasteiger partial charge in [0.15, 0.2) is 0 Å². The molecule has 158 valence electrons. The predicted octanol–water partition coefficient (Wildman–Crippen LogP) is 1.02. The van der Waals surface area contributed by atoms with Gasteiger partial charge in [0, 0.05) is 44.5 Å². The van der Waals surface area contributed by atoms with Crippen molar-refractivity contribution < 1.29 is 23.0 Å². The minimum Gasteiger partial charge on any atom is -0.497 e. The molecule has 1 unspecified atom stereocenters. The van der Waals surface area contributed by atoms with Crippen molar-refractivity contribution in [2.45, 2.75) is 11.0 Å². The Morgan fingerprint density at radius 2 is 1.76 bits per heavy atom. The number of methoxy groups -OCH3 is 1. The summed E-state index contributed by atoms with van der Waals surface area (Å²) in [7, 11) is -2.00. The molecule has 1 heterocycles. The van der Waals surface area contributed by atoms with E-state index in [-0.39, 0.29) is 11.5 Å². The highest BCUT2D eigenvalue weighted by molar-refractivity contribution is 7.89. The van der Waals surface area contributed by atoms with Crippen molar-refractivity contribution in [2.24, 2.45) is 0 Å². The summed E-state index contributed by atoms with van der Waals surface area (Å²) in [6.45, 7) is 2.40. The van der Waals surface area contributed by atoms with Crippen LogP contribution in [0.2, 0.25) is 0 Å². The van der Waals surface area contributed by atoms with E-state index in [4.69, 9.17) is 15.2 Å². The van der Waals surface area contributed by atoms with Crippen molar-refractivity contribution in [2.75, 3.05) is 52.2 Å². The van der Waals surface area contributed by atoms with Gasteiger partial charge in [0.25, 0.3) is 0 Å². The first-order chi connectivity index (χ1) is 13.9. The van der Waals surface area contributed by atoms with E-state index in [0.29, 0.717) is 49.9 Å². The number of hydrogen-bond acceptors (Lipinski definition) is 7. The second-order valence-corrected chi connectivity index (χ2v) is 8.86. The maximum atomic E-state index is 12.8. The number of nitrogens with two attached hydrogens (primary N) is 1. The fraction of sp³-hybridized carbons (Fsp3) is 0.400. The Bertz CT molecular complexity index is 897. The van der Waals surface area contributed by atoms with Crippen molar-refractivity contribution in [3.8, 4) is 11.5 Å². The van der Waals surface area contributed by atoms with Gasteiger partial charge in [-0.1, -0.05) is 6.07 Å². The topological polar surface area (TPSA) is 105 Å². The van der Waals surface area contributed by atoms with Crippen molar-refractivity contribution in [1.82, 2.24) is 9.21 Å². The van der Waals surface area contributed by atoms with E-state index in [9.17, 15) is 13.5 Å². The number of piperazine rings is 1. The maximum Gasteiger partial charge on any atom is 0.243 e. The van der Waals surface area contributed by atoms with Gasteiger partial charge in [-0.2, -0.15) is 4.31 Å². The van der Waals surface area contributed by atoms with E-state index in [2.05, 4.69) is 0 Å². The van der Waals surface area contributed by atoms with E-state index >= 15 is 0 Å². The molecule has 0 amide bonds. The van der Waals surface area contributed by atoms with Crippen molar-refractivity contribution >= 4 is 15.7 Å².